The summed E-state index contributed by atoms with van der Waals surface area (Å²) in [5, 5.41) is 6.05. The van der Waals surface area contributed by atoms with Crippen LogP contribution in [0.2, 0.25) is 5.02 Å². The molecule has 0 spiro atoms. The first-order valence-electron chi connectivity index (χ1n) is 5.38. The smallest absolute Gasteiger partial charge is 0.322 e. The zero-order chi connectivity index (χ0) is 12.3. The number of carbonyl (C=O) groups is 1. The summed E-state index contributed by atoms with van der Waals surface area (Å²) in [6.07, 6.45) is 0. The SMILES string of the molecule is O=C(Nc1cc(Cl)ccc1F)N1CCNCC1. The van der Waals surface area contributed by atoms with E-state index in [1.807, 2.05) is 0 Å². The molecule has 17 heavy (non-hydrogen) atoms. The van der Waals surface area contributed by atoms with Crippen LogP contribution in [0.1, 0.15) is 0 Å². The molecule has 1 fully saturated rings. The minimum absolute atomic E-state index is 0.112. The summed E-state index contributed by atoms with van der Waals surface area (Å²) in [6, 6.07) is 3.78. The second kappa shape index (κ2) is 5.33. The fourth-order valence-electron chi connectivity index (χ4n) is 1.66. The van der Waals surface area contributed by atoms with E-state index in [2.05, 4.69) is 10.6 Å². The van der Waals surface area contributed by atoms with E-state index >= 15 is 0 Å². The summed E-state index contributed by atoms with van der Waals surface area (Å²) in [5.74, 6) is -0.488. The van der Waals surface area contributed by atoms with Gasteiger partial charge in [0.1, 0.15) is 5.82 Å². The van der Waals surface area contributed by atoms with E-state index in [4.69, 9.17) is 11.6 Å². The second-order valence-electron chi connectivity index (χ2n) is 3.79. The molecule has 1 aromatic carbocycles. The summed E-state index contributed by atoms with van der Waals surface area (Å²) in [7, 11) is 0. The highest BCUT2D eigenvalue weighted by atomic mass is 35.5. The van der Waals surface area contributed by atoms with E-state index in [0.29, 0.717) is 18.1 Å². The van der Waals surface area contributed by atoms with Gasteiger partial charge in [0, 0.05) is 31.2 Å². The number of anilines is 1. The molecule has 0 atom stereocenters. The topological polar surface area (TPSA) is 44.4 Å². The standard InChI is InChI=1S/C11H13ClFN3O/c12-8-1-2-9(13)10(7-8)15-11(17)16-5-3-14-4-6-16/h1-2,7,14H,3-6H2,(H,15,17). The number of benzene rings is 1. The van der Waals surface area contributed by atoms with Crippen LogP contribution in [0.25, 0.3) is 0 Å². The Morgan fingerprint density at radius 1 is 1.41 bits per heavy atom. The zero-order valence-corrected chi connectivity index (χ0v) is 9.93. The molecule has 1 heterocycles. The third-order valence-corrected chi connectivity index (χ3v) is 2.81. The highest BCUT2D eigenvalue weighted by Crippen LogP contribution is 2.19. The predicted molar refractivity (Wildman–Crippen MR) is 64.9 cm³/mol. The fraction of sp³-hybridized carbons (Fsp3) is 0.364. The Kier molecular flexibility index (Phi) is 3.81. The molecule has 1 aliphatic heterocycles. The van der Waals surface area contributed by atoms with E-state index in [1.165, 1.54) is 18.2 Å². The molecule has 0 saturated carbocycles. The van der Waals surface area contributed by atoms with Crippen LogP contribution < -0.4 is 10.6 Å². The molecule has 0 bridgehead atoms. The van der Waals surface area contributed by atoms with Crippen LogP contribution in [0.5, 0.6) is 0 Å². The number of halogens is 2. The molecule has 2 amide bonds. The number of hydrogen-bond donors (Lipinski definition) is 2. The minimum atomic E-state index is -0.488. The summed E-state index contributed by atoms with van der Waals surface area (Å²) in [6.45, 7) is 2.75. The second-order valence-corrected chi connectivity index (χ2v) is 4.23. The van der Waals surface area contributed by atoms with E-state index in [0.717, 1.165) is 13.1 Å². The molecule has 0 aliphatic carbocycles. The van der Waals surface area contributed by atoms with Gasteiger partial charge < -0.3 is 15.5 Å². The van der Waals surface area contributed by atoms with Crippen LogP contribution in [0, 0.1) is 5.82 Å². The van der Waals surface area contributed by atoms with Gasteiger partial charge in [-0.25, -0.2) is 9.18 Å². The largest absolute Gasteiger partial charge is 0.322 e. The summed E-state index contributed by atoms with van der Waals surface area (Å²) in [4.78, 5) is 13.4. The maximum absolute atomic E-state index is 13.4. The van der Waals surface area contributed by atoms with Crippen LogP contribution in [0.15, 0.2) is 18.2 Å². The normalized spacial score (nSPS) is 15.8. The van der Waals surface area contributed by atoms with Crippen molar-refractivity contribution >= 4 is 23.3 Å². The highest BCUT2D eigenvalue weighted by Gasteiger charge is 2.17. The average molecular weight is 258 g/mol. The first-order chi connectivity index (χ1) is 8.16. The van der Waals surface area contributed by atoms with Gasteiger partial charge in [-0.2, -0.15) is 0 Å². The van der Waals surface area contributed by atoms with Crippen molar-refractivity contribution < 1.29 is 9.18 Å². The lowest BCUT2D eigenvalue weighted by Gasteiger charge is -2.27. The van der Waals surface area contributed by atoms with Crippen molar-refractivity contribution in [2.24, 2.45) is 0 Å². The third kappa shape index (κ3) is 3.08. The molecular formula is C11H13ClFN3O. The van der Waals surface area contributed by atoms with E-state index < -0.39 is 5.82 Å². The first-order valence-corrected chi connectivity index (χ1v) is 5.76. The van der Waals surface area contributed by atoms with E-state index in [-0.39, 0.29) is 11.7 Å². The Hall–Kier alpha value is -1.33. The molecule has 1 aliphatic rings. The Balaban J connectivity index is 2.04. The van der Waals surface area contributed by atoms with Crippen molar-refractivity contribution in [1.82, 2.24) is 10.2 Å². The van der Waals surface area contributed by atoms with Crippen molar-refractivity contribution in [2.45, 2.75) is 0 Å². The first kappa shape index (κ1) is 12.1. The van der Waals surface area contributed by atoms with Gasteiger partial charge in [0.25, 0.3) is 0 Å². The number of amides is 2. The van der Waals surface area contributed by atoms with Crippen molar-refractivity contribution in [3.05, 3.63) is 29.0 Å². The number of carbonyl (C=O) groups excluding carboxylic acids is 1. The van der Waals surface area contributed by atoms with Gasteiger partial charge >= 0.3 is 6.03 Å². The van der Waals surface area contributed by atoms with Crippen molar-refractivity contribution in [1.29, 1.82) is 0 Å². The maximum Gasteiger partial charge on any atom is 0.322 e. The number of urea groups is 1. The molecular weight excluding hydrogens is 245 g/mol. The lowest BCUT2D eigenvalue weighted by Crippen LogP contribution is -2.48. The maximum atomic E-state index is 13.4. The molecule has 0 unspecified atom stereocenters. The summed E-state index contributed by atoms with van der Waals surface area (Å²) in [5.41, 5.74) is 0.112. The van der Waals surface area contributed by atoms with Crippen LogP contribution in [0.4, 0.5) is 14.9 Å². The fourth-order valence-corrected chi connectivity index (χ4v) is 1.83. The van der Waals surface area contributed by atoms with Crippen molar-refractivity contribution in [3.63, 3.8) is 0 Å². The molecule has 0 radical (unpaired) electrons. The predicted octanol–water partition coefficient (Wildman–Crippen LogP) is 1.92. The van der Waals surface area contributed by atoms with Gasteiger partial charge in [0.2, 0.25) is 0 Å². The summed E-state index contributed by atoms with van der Waals surface area (Å²) >= 11 is 5.74. The van der Waals surface area contributed by atoms with Gasteiger partial charge in [-0.3, -0.25) is 0 Å². The molecule has 4 nitrogen and oxygen atoms in total. The Morgan fingerprint density at radius 3 is 2.82 bits per heavy atom. The monoisotopic (exact) mass is 257 g/mol. The summed E-state index contributed by atoms with van der Waals surface area (Å²) < 4.78 is 13.4. The van der Waals surface area contributed by atoms with Gasteiger partial charge in [-0.05, 0) is 18.2 Å². The molecule has 6 heteroatoms. The lowest BCUT2D eigenvalue weighted by molar-refractivity contribution is 0.203. The van der Waals surface area contributed by atoms with E-state index in [9.17, 15) is 9.18 Å². The molecule has 2 rings (SSSR count). The quantitative estimate of drug-likeness (QED) is 0.807. The van der Waals surface area contributed by atoms with Gasteiger partial charge in [-0.1, -0.05) is 11.6 Å². The number of nitrogens with zero attached hydrogens (tertiary/aromatic N) is 1. The number of nitrogens with one attached hydrogen (secondary N) is 2. The minimum Gasteiger partial charge on any atom is -0.322 e. The molecule has 0 aromatic heterocycles. The van der Waals surface area contributed by atoms with Gasteiger partial charge in [0.15, 0.2) is 0 Å². The van der Waals surface area contributed by atoms with E-state index in [1.54, 1.807) is 4.90 Å². The van der Waals surface area contributed by atoms with Crippen LogP contribution in [0.3, 0.4) is 0 Å². The number of rotatable bonds is 1. The molecule has 92 valence electrons. The zero-order valence-electron chi connectivity index (χ0n) is 9.17. The number of piperazine rings is 1. The van der Waals surface area contributed by atoms with Crippen LogP contribution in [-0.2, 0) is 0 Å². The van der Waals surface area contributed by atoms with Crippen LogP contribution >= 0.6 is 11.6 Å². The van der Waals surface area contributed by atoms with Crippen molar-refractivity contribution in [3.8, 4) is 0 Å². The van der Waals surface area contributed by atoms with Gasteiger partial charge in [0.05, 0.1) is 5.69 Å². The highest BCUT2D eigenvalue weighted by molar-refractivity contribution is 6.30. The third-order valence-electron chi connectivity index (χ3n) is 2.57. The molecule has 1 aromatic rings. The molecule has 2 N–H and O–H groups in total. The number of hydrogen-bond acceptors (Lipinski definition) is 2. The Morgan fingerprint density at radius 2 is 2.12 bits per heavy atom. The Bertz CT molecular complexity index is 421. The average Bonchev–Trinajstić information content (AvgIpc) is 2.35. The van der Waals surface area contributed by atoms with Crippen molar-refractivity contribution in [2.75, 3.05) is 31.5 Å². The van der Waals surface area contributed by atoms with Crippen LogP contribution in [-0.4, -0.2) is 37.1 Å². The molecule has 1 saturated heterocycles. The lowest BCUT2D eigenvalue weighted by atomic mass is 10.3. The Labute approximate surface area is 104 Å². The van der Waals surface area contributed by atoms with Gasteiger partial charge in [-0.15, -0.1) is 0 Å².